The number of nitrogens with zero attached hydrogens (tertiary/aromatic N) is 2. The maximum atomic E-state index is 5.63. The summed E-state index contributed by atoms with van der Waals surface area (Å²) in [6, 6.07) is 1.10. The number of hydrogen-bond acceptors (Lipinski definition) is 5. The molecule has 2 fully saturated rings. The molecule has 3 atom stereocenters. The molecule has 2 aromatic rings. The van der Waals surface area contributed by atoms with Crippen molar-refractivity contribution in [2.24, 2.45) is 5.92 Å². The van der Waals surface area contributed by atoms with E-state index in [2.05, 4.69) is 37.8 Å². The van der Waals surface area contributed by atoms with E-state index in [1.807, 2.05) is 0 Å². The fourth-order valence-corrected chi connectivity index (χ4v) is 4.40. The van der Waals surface area contributed by atoms with Crippen LogP contribution in [0.3, 0.4) is 0 Å². The van der Waals surface area contributed by atoms with E-state index in [1.165, 1.54) is 19.3 Å². The number of aromatic nitrogens is 2. The van der Waals surface area contributed by atoms with Gasteiger partial charge in [0.05, 0.1) is 18.9 Å². The van der Waals surface area contributed by atoms with Gasteiger partial charge in [0.15, 0.2) is 4.96 Å². The van der Waals surface area contributed by atoms with Crippen LogP contribution < -0.4 is 10.6 Å². The van der Waals surface area contributed by atoms with Crippen LogP contribution in [0.25, 0.3) is 4.96 Å². The van der Waals surface area contributed by atoms with E-state index in [9.17, 15) is 0 Å². The molecule has 2 aromatic heterocycles. The van der Waals surface area contributed by atoms with Crippen LogP contribution in [0.1, 0.15) is 25.0 Å². The Bertz CT molecular complexity index is 561. The highest BCUT2D eigenvalue weighted by Crippen LogP contribution is 2.29. The van der Waals surface area contributed by atoms with Crippen molar-refractivity contribution in [3.8, 4) is 0 Å². The predicted octanol–water partition coefficient (Wildman–Crippen LogP) is 1.64. The summed E-state index contributed by atoms with van der Waals surface area (Å²) in [5.41, 5.74) is 1.14. The number of hydrogen-bond donors (Lipinski definition) is 2. The SMILES string of the molecule is c1cn2cc(CNC3CCCC3C3COCCN3)nc2s1. The normalized spacial score (nSPS) is 30.2. The minimum absolute atomic E-state index is 0.518. The second kappa shape index (κ2) is 6.04. The summed E-state index contributed by atoms with van der Waals surface area (Å²) in [5, 5.41) is 9.42. The lowest BCUT2D eigenvalue weighted by atomic mass is 9.94. The van der Waals surface area contributed by atoms with Crippen LogP contribution in [0.15, 0.2) is 17.8 Å². The van der Waals surface area contributed by atoms with E-state index in [-0.39, 0.29) is 0 Å². The Morgan fingerprint density at radius 3 is 3.33 bits per heavy atom. The lowest BCUT2D eigenvalue weighted by Gasteiger charge is -2.32. The van der Waals surface area contributed by atoms with Gasteiger partial charge >= 0.3 is 0 Å². The molecule has 1 aliphatic carbocycles. The molecule has 1 saturated heterocycles. The van der Waals surface area contributed by atoms with Crippen molar-refractivity contribution in [2.45, 2.75) is 37.9 Å². The van der Waals surface area contributed by atoms with E-state index in [1.54, 1.807) is 11.3 Å². The average Bonchev–Trinajstić information content (AvgIpc) is 3.21. The van der Waals surface area contributed by atoms with Crippen molar-refractivity contribution in [1.82, 2.24) is 20.0 Å². The van der Waals surface area contributed by atoms with E-state index in [0.717, 1.165) is 37.0 Å². The molecule has 2 N–H and O–H groups in total. The van der Waals surface area contributed by atoms with Gasteiger partial charge in [0.2, 0.25) is 0 Å². The summed E-state index contributed by atoms with van der Waals surface area (Å²) in [6.07, 6.45) is 8.09. The number of fused-ring (bicyclic) bond motifs is 1. The molecule has 0 bridgehead atoms. The van der Waals surface area contributed by atoms with Gasteiger partial charge in [-0.05, 0) is 18.8 Å². The van der Waals surface area contributed by atoms with Gasteiger partial charge < -0.3 is 15.4 Å². The molecule has 0 amide bonds. The molecular weight excluding hydrogens is 284 g/mol. The Hall–Kier alpha value is -0.950. The Balaban J connectivity index is 1.37. The van der Waals surface area contributed by atoms with Crippen LogP contribution in [0.5, 0.6) is 0 Å². The first kappa shape index (κ1) is 13.7. The monoisotopic (exact) mass is 306 g/mol. The lowest BCUT2D eigenvalue weighted by Crippen LogP contribution is -2.50. The largest absolute Gasteiger partial charge is 0.379 e. The van der Waals surface area contributed by atoms with Crippen molar-refractivity contribution in [2.75, 3.05) is 19.8 Å². The molecule has 1 aliphatic heterocycles. The molecule has 0 radical (unpaired) electrons. The summed E-state index contributed by atoms with van der Waals surface area (Å²) in [4.78, 5) is 5.73. The van der Waals surface area contributed by atoms with Crippen LogP contribution >= 0.6 is 11.3 Å². The number of nitrogens with one attached hydrogen (secondary N) is 2. The quantitative estimate of drug-likeness (QED) is 0.902. The van der Waals surface area contributed by atoms with Crippen molar-refractivity contribution in [3.63, 3.8) is 0 Å². The lowest BCUT2D eigenvalue weighted by molar-refractivity contribution is 0.0524. The van der Waals surface area contributed by atoms with Gasteiger partial charge in [-0.1, -0.05) is 6.42 Å². The van der Waals surface area contributed by atoms with Crippen molar-refractivity contribution < 1.29 is 4.74 Å². The molecule has 5 nitrogen and oxygen atoms in total. The third-order valence-electron chi connectivity index (χ3n) is 4.73. The second-order valence-corrected chi connectivity index (χ2v) is 6.92. The van der Waals surface area contributed by atoms with Crippen LogP contribution in [0.2, 0.25) is 0 Å². The molecule has 114 valence electrons. The third-order valence-corrected chi connectivity index (χ3v) is 5.50. The molecule has 3 unspecified atom stereocenters. The Kier molecular flexibility index (Phi) is 3.94. The van der Waals surface area contributed by atoms with Gasteiger partial charge in [-0.2, -0.15) is 0 Å². The fraction of sp³-hybridized carbons (Fsp3) is 0.667. The Labute approximate surface area is 128 Å². The van der Waals surface area contributed by atoms with Gasteiger partial charge in [0.25, 0.3) is 0 Å². The number of morpholine rings is 1. The zero-order chi connectivity index (χ0) is 14.1. The molecule has 2 aliphatic rings. The van der Waals surface area contributed by atoms with E-state index in [4.69, 9.17) is 4.74 Å². The average molecular weight is 306 g/mol. The molecule has 0 spiro atoms. The van der Waals surface area contributed by atoms with E-state index >= 15 is 0 Å². The maximum absolute atomic E-state index is 5.63. The predicted molar refractivity (Wildman–Crippen MR) is 83.6 cm³/mol. The highest BCUT2D eigenvalue weighted by molar-refractivity contribution is 7.15. The molecular formula is C15H22N4OS. The number of ether oxygens (including phenoxy) is 1. The Morgan fingerprint density at radius 2 is 2.48 bits per heavy atom. The van der Waals surface area contributed by atoms with Crippen LogP contribution in [0, 0.1) is 5.92 Å². The van der Waals surface area contributed by atoms with Crippen molar-refractivity contribution in [1.29, 1.82) is 0 Å². The second-order valence-electron chi connectivity index (χ2n) is 6.04. The van der Waals surface area contributed by atoms with E-state index < -0.39 is 0 Å². The van der Waals surface area contributed by atoms with Gasteiger partial charge in [-0.3, -0.25) is 4.40 Å². The van der Waals surface area contributed by atoms with Crippen LogP contribution in [0.4, 0.5) is 0 Å². The summed E-state index contributed by atoms with van der Waals surface area (Å²) in [6.45, 7) is 3.57. The zero-order valence-electron chi connectivity index (χ0n) is 12.1. The number of imidazole rings is 1. The first-order chi connectivity index (χ1) is 10.4. The van der Waals surface area contributed by atoms with E-state index in [0.29, 0.717) is 18.0 Å². The number of thiazole rings is 1. The van der Waals surface area contributed by atoms with Gasteiger partial charge in [0, 0.05) is 42.9 Å². The molecule has 0 aromatic carbocycles. The van der Waals surface area contributed by atoms with Crippen LogP contribution in [-0.2, 0) is 11.3 Å². The zero-order valence-corrected chi connectivity index (χ0v) is 12.9. The first-order valence-electron chi connectivity index (χ1n) is 7.86. The highest BCUT2D eigenvalue weighted by atomic mass is 32.1. The molecule has 6 heteroatoms. The first-order valence-corrected chi connectivity index (χ1v) is 8.74. The third kappa shape index (κ3) is 2.85. The standard InChI is InChI=1S/C15H22N4OS/c1-2-12(14-10-20-6-4-16-14)13(3-1)17-8-11-9-19-5-7-21-15(19)18-11/h5,7,9,12-14,16-17H,1-4,6,8,10H2. The van der Waals surface area contributed by atoms with Crippen molar-refractivity contribution in [3.05, 3.63) is 23.5 Å². The van der Waals surface area contributed by atoms with Crippen LogP contribution in [-0.4, -0.2) is 41.2 Å². The smallest absolute Gasteiger partial charge is 0.193 e. The molecule has 4 rings (SSSR count). The minimum Gasteiger partial charge on any atom is -0.379 e. The summed E-state index contributed by atoms with van der Waals surface area (Å²) in [5.74, 6) is 0.689. The van der Waals surface area contributed by atoms with Gasteiger partial charge in [0.1, 0.15) is 0 Å². The maximum Gasteiger partial charge on any atom is 0.193 e. The molecule has 21 heavy (non-hydrogen) atoms. The topological polar surface area (TPSA) is 50.6 Å². The number of rotatable bonds is 4. The Morgan fingerprint density at radius 1 is 1.48 bits per heavy atom. The summed E-state index contributed by atoms with van der Waals surface area (Å²) >= 11 is 1.69. The molecule has 1 saturated carbocycles. The summed E-state index contributed by atoms with van der Waals surface area (Å²) in [7, 11) is 0. The van der Waals surface area contributed by atoms with Gasteiger partial charge in [-0.25, -0.2) is 4.98 Å². The van der Waals surface area contributed by atoms with Crippen molar-refractivity contribution >= 4 is 16.3 Å². The molecule has 3 heterocycles. The minimum atomic E-state index is 0.518. The summed E-state index contributed by atoms with van der Waals surface area (Å²) < 4.78 is 7.73. The van der Waals surface area contributed by atoms with Gasteiger partial charge in [-0.15, -0.1) is 11.3 Å². The highest BCUT2D eigenvalue weighted by Gasteiger charge is 2.34. The fourth-order valence-electron chi connectivity index (χ4n) is 3.68.